The van der Waals surface area contributed by atoms with Gasteiger partial charge in [-0.05, 0) is 48.7 Å². The minimum atomic E-state index is -0.762. The van der Waals surface area contributed by atoms with E-state index in [1.165, 1.54) is 38.4 Å². The Bertz CT molecular complexity index is 1380. The first-order valence-electron chi connectivity index (χ1n) is 10.5. The topological polar surface area (TPSA) is 106 Å². The molecule has 0 bridgehead atoms. The first-order valence-corrected chi connectivity index (χ1v) is 11.5. The molecule has 0 aliphatic heterocycles. The third-order valence-corrected chi connectivity index (χ3v) is 6.22. The van der Waals surface area contributed by atoms with E-state index in [-0.39, 0.29) is 22.3 Å². The minimum Gasteiger partial charge on any atom is -0.494 e. The number of nitrogens with one attached hydrogen (secondary N) is 1. The van der Waals surface area contributed by atoms with Crippen LogP contribution in [0.1, 0.15) is 23.6 Å². The van der Waals surface area contributed by atoms with Gasteiger partial charge < -0.3 is 10.4 Å². The Labute approximate surface area is 199 Å². The Balaban J connectivity index is 1.99. The number of benzene rings is 2. The molecule has 0 radical (unpaired) electrons. The average molecular weight is 485 g/mol. The quantitative estimate of drug-likeness (QED) is 0.413. The van der Waals surface area contributed by atoms with Gasteiger partial charge in [-0.3, -0.25) is 18.7 Å². The maximum Gasteiger partial charge on any atom is 0.333 e. The number of hydrogen-bond acceptors (Lipinski definition) is 6. The number of aromatic hydroxyl groups is 1. The van der Waals surface area contributed by atoms with Crippen molar-refractivity contribution in [2.24, 2.45) is 19.1 Å². The van der Waals surface area contributed by atoms with Crippen molar-refractivity contribution in [3.8, 4) is 5.88 Å². The second kappa shape index (κ2) is 10.5. The second-order valence-electron chi connectivity index (χ2n) is 7.60. The van der Waals surface area contributed by atoms with Crippen molar-refractivity contribution in [1.82, 2.24) is 9.13 Å². The number of aryl methyl sites for hydroxylation is 2. The number of nitrogens with zero attached hydrogens (tertiary/aromatic N) is 3. The van der Waals surface area contributed by atoms with Crippen LogP contribution in [-0.4, -0.2) is 30.9 Å². The van der Waals surface area contributed by atoms with Crippen LogP contribution in [0.4, 0.5) is 15.8 Å². The third-order valence-electron chi connectivity index (χ3n) is 5.25. The fourth-order valence-electron chi connectivity index (χ4n) is 3.33. The van der Waals surface area contributed by atoms with E-state index in [0.29, 0.717) is 5.69 Å². The Morgan fingerprint density at radius 3 is 2.44 bits per heavy atom. The van der Waals surface area contributed by atoms with E-state index in [1.807, 2.05) is 32.0 Å². The van der Waals surface area contributed by atoms with Crippen LogP contribution in [0.2, 0.25) is 0 Å². The molecule has 8 nitrogen and oxygen atoms in total. The van der Waals surface area contributed by atoms with Crippen LogP contribution >= 0.6 is 11.8 Å². The predicted molar refractivity (Wildman–Crippen MR) is 133 cm³/mol. The zero-order valence-corrected chi connectivity index (χ0v) is 20.1. The predicted octanol–water partition coefficient (Wildman–Crippen LogP) is 3.25. The van der Waals surface area contributed by atoms with E-state index in [0.717, 1.165) is 44.1 Å². The largest absolute Gasteiger partial charge is 0.494 e. The summed E-state index contributed by atoms with van der Waals surface area (Å²) in [5, 5.41) is 13.5. The van der Waals surface area contributed by atoms with Gasteiger partial charge in [0.05, 0.1) is 11.4 Å². The Morgan fingerprint density at radius 1 is 1.12 bits per heavy atom. The number of anilines is 1. The number of halogens is 1. The molecule has 3 rings (SSSR count). The van der Waals surface area contributed by atoms with Gasteiger partial charge in [0.15, 0.2) is 0 Å². The van der Waals surface area contributed by atoms with E-state index in [4.69, 9.17) is 0 Å². The lowest BCUT2D eigenvalue weighted by molar-refractivity contribution is -0.113. The minimum absolute atomic E-state index is 0.0240. The molecule has 34 heavy (non-hydrogen) atoms. The lowest BCUT2D eigenvalue weighted by Crippen LogP contribution is -2.39. The third kappa shape index (κ3) is 5.28. The molecule has 0 fully saturated rings. The molecule has 0 atom stereocenters. The first kappa shape index (κ1) is 25.0. The van der Waals surface area contributed by atoms with Crippen molar-refractivity contribution >= 4 is 34.1 Å². The van der Waals surface area contributed by atoms with Gasteiger partial charge in [0.1, 0.15) is 16.4 Å². The summed E-state index contributed by atoms with van der Waals surface area (Å²) in [5.41, 5.74) is 1.26. The van der Waals surface area contributed by atoms with Crippen LogP contribution in [0.5, 0.6) is 5.88 Å². The Kier molecular flexibility index (Phi) is 7.72. The number of rotatable bonds is 6. The summed E-state index contributed by atoms with van der Waals surface area (Å²) in [5.74, 6) is -1.49. The van der Waals surface area contributed by atoms with Gasteiger partial charge in [0, 0.05) is 19.8 Å². The highest BCUT2D eigenvalue weighted by Crippen LogP contribution is 2.25. The van der Waals surface area contributed by atoms with Crippen LogP contribution in [0, 0.1) is 12.7 Å². The van der Waals surface area contributed by atoms with Crippen LogP contribution in [0.25, 0.3) is 0 Å². The normalized spacial score (nSPS) is 11.5. The molecule has 1 amide bonds. The first-order chi connectivity index (χ1) is 16.1. The van der Waals surface area contributed by atoms with Crippen LogP contribution in [0.3, 0.4) is 0 Å². The van der Waals surface area contributed by atoms with Crippen molar-refractivity contribution in [3.05, 3.63) is 85.8 Å². The van der Waals surface area contributed by atoms with Gasteiger partial charge in [-0.25, -0.2) is 14.2 Å². The summed E-state index contributed by atoms with van der Waals surface area (Å²) in [7, 11) is 2.60. The lowest BCUT2D eigenvalue weighted by Gasteiger charge is -2.14. The number of aromatic nitrogens is 2. The molecule has 2 aromatic carbocycles. The van der Waals surface area contributed by atoms with Gasteiger partial charge >= 0.3 is 5.69 Å². The van der Waals surface area contributed by atoms with E-state index in [2.05, 4.69) is 10.3 Å². The monoisotopic (exact) mass is 484 g/mol. The van der Waals surface area contributed by atoms with E-state index in [1.54, 1.807) is 0 Å². The maximum absolute atomic E-state index is 13.3. The molecule has 2 N–H and O–H groups in total. The zero-order chi connectivity index (χ0) is 25.0. The van der Waals surface area contributed by atoms with Crippen LogP contribution < -0.4 is 16.6 Å². The van der Waals surface area contributed by atoms with E-state index >= 15 is 0 Å². The SMILES string of the molecule is CCc1cccc(C)c1NC(=O)CSC(=Nc1ccc(F)cc1)c1c(O)n(C)c(=O)n(C)c1=O. The van der Waals surface area contributed by atoms with Crippen molar-refractivity contribution in [1.29, 1.82) is 0 Å². The van der Waals surface area contributed by atoms with Crippen LogP contribution in [-0.2, 0) is 25.3 Å². The maximum atomic E-state index is 13.3. The van der Waals surface area contributed by atoms with Crippen molar-refractivity contribution in [2.75, 3.05) is 11.1 Å². The highest BCUT2D eigenvalue weighted by atomic mass is 32.2. The summed E-state index contributed by atoms with van der Waals surface area (Å²) in [4.78, 5) is 42.2. The standard InChI is InChI=1S/C24H25FN4O4S/c1-5-15-8-6-7-14(2)20(15)27-18(30)13-34-21(26-17-11-9-16(25)10-12-17)19-22(31)28(3)24(33)29(4)23(19)32/h6-12,31H,5,13H2,1-4H3,(H,27,30). The fourth-order valence-corrected chi connectivity index (χ4v) is 4.16. The molecule has 10 heteroatoms. The fraction of sp³-hybridized carbons (Fsp3) is 0.250. The van der Waals surface area contributed by atoms with Crippen LogP contribution in [0.15, 0.2) is 57.0 Å². The molecule has 0 saturated heterocycles. The average Bonchev–Trinajstić information content (AvgIpc) is 2.82. The number of para-hydroxylation sites is 1. The van der Waals surface area contributed by atoms with Crippen molar-refractivity contribution < 1.29 is 14.3 Å². The Morgan fingerprint density at radius 2 is 1.79 bits per heavy atom. The van der Waals surface area contributed by atoms with Gasteiger partial charge in [-0.2, -0.15) is 0 Å². The summed E-state index contributed by atoms with van der Waals surface area (Å²) in [6, 6.07) is 11.0. The molecular formula is C24H25FN4O4S. The molecule has 0 aliphatic carbocycles. The molecule has 0 aliphatic rings. The van der Waals surface area contributed by atoms with E-state index in [9.17, 15) is 23.9 Å². The number of thioether (sulfide) groups is 1. The smallest absolute Gasteiger partial charge is 0.333 e. The number of amides is 1. The highest BCUT2D eigenvalue weighted by molar-refractivity contribution is 8.15. The summed E-state index contributed by atoms with van der Waals surface area (Å²) < 4.78 is 15.1. The number of aliphatic imine (C=N–C) groups is 1. The van der Waals surface area contributed by atoms with Gasteiger partial charge in [-0.1, -0.05) is 36.9 Å². The summed E-state index contributed by atoms with van der Waals surface area (Å²) in [6.45, 7) is 3.89. The van der Waals surface area contributed by atoms with Gasteiger partial charge in [0.25, 0.3) is 5.56 Å². The molecule has 0 unspecified atom stereocenters. The molecule has 3 aromatic rings. The second-order valence-corrected chi connectivity index (χ2v) is 8.56. The number of carbonyl (C=O) groups is 1. The number of carbonyl (C=O) groups excluding carboxylic acids is 1. The summed E-state index contributed by atoms with van der Waals surface area (Å²) in [6.07, 6.45) is 0.740. The highest BCUT2D eigenvalue weighted by Gasteiger charge is 2.22. The zero-order valence-electron chi connectivity index (χ0n) is 19.3. The Hall–Kier alpha value is -3.66. The molecule has 0 saturated carbocycles. The van der Waals surface area contributed by atoms with E-state index < -0.39 is 22.9 Å². The molecule has 0 spiro atoms. The van der Waals surface area contributed by atoms with Crippen molar-refractivity contribution in [2.45, 2.75) is 20.3 Å². The number of hydrogen-bond donors (Lipinski definition) is 2. The molecule has 1 aromatic heterocycles. The van der Waals surface area contributed by atoms with Gasteiger partial charge in [-0.15, -0.1) is 0 Å². The van der Waals surface area contributed by atoms with Gasteiger partial charge in [0.2, 0.25) is 11.8 Å². The lowest BCUT2D eigenvalue weighted by atomic mass is 10.1. The molecule has 178 valence electrons. The molecular weight excluding hydrogens is 459 g/mol. The van der Waals surface area contributed by atoms with Crippen molar-refractivity contribution in [3.63, 3.8) is 0 Å². The molecule has 1 heterocycles. The summed E-state index contributed by atoms with van der Waals surface area (Å²) >= 11 is 0.927.